The van der Waals surface area contributed by atoms with E-state index in [1.54, 1.807) is 0 Å². The highest BCUT2D eigenvalue weighted by atomic mass is 16.5. The van der Waals surface area contributed by atoms with Crippen LogP contribution in [0.3, 0.4) is 0 Å². The van der Waals surface area contributed by atoms with Crippen molar-refractivity contribution in [1.29, 1.82) is 0 Å². The van der Waals surface area contributed by atoms with Gasteiger partial charge < -0.3 is 15.2 Å². The normalized spacial score (nSPS) is 31.5. The van der Waals surface area contributed by atoms with Crippen LogP contribution in [0.1, 0.15) is 18.4 Å². The Morgan fingerprint density at radius 2 is 2.22 bits per heavy atom. The number of hydrogen-bond donors (Lipinski definition) is 1. The molecular weight excluding hydrogens is 226 g/mol. The van der Waals surface area contributed by atoms with E-state index in [0.29, 0.717) is 12.5 Å². The number of fused-ring (bicyclic) bond motifs is 1. The molecule has 0 aromatic heterocycles. The molecule has 3 nitrogen and oxygen atoms in total. The molecule has 0 spiro atoms. The minimum Gasteiger partial charge on any atom is -0.493 e. The first kappa shape index (κ1) is 12.0. The van der Waals surface area contributed by atoms with Crippen LogP contribution in [0.25, 0.3) is 0 Å². The van der Waals surface area contributed by atoms with Gasteiger partial charge in [-0.15, -0.1) is 0 Å². The molecule has 18 heavy (non-hydrogen) atoms. The second-order valence-electron chi connectivity index (χ2n) is 5.55. The lowest BCUT2D eigenvalue weighted by Crippen LogP contribution is -2.49. The maximum atomic E-state index is 6.09. The predicted molar refractivity (Wildman–Crippen MR) is 70.7 cm³/mol. The Morgan fingerprint density at radius 1 is 1.33 bits per heavy atom. The molecule has 3 rings (SSSR count). The summed E-state index contributed by atoms with van der Waals surface area (Å²) in [5.41, 5.74) is 7.45. The summed E-state index contributed by atoms with van der Waals surface area (Å²) in [6.07, 6.45) is 3.38. The third kappa shape index (κ3) is 2.02. The van der Waals surface area contributed by atoms with Gasteiger partial charge in [0.1, 0.15) is 5.75 Å². The zero-order valence-corrected chi connectivity index (χ0v) is 10.7. The van der Waals surface area contributed by atoms with Crippen LogP contribution in [0.2, 0.25) is 0 Å². The Kier molecular flexibility index (Phi) is 3.27. The zero-order chi connectivity index (χ0) is 12.4. The summed E-state index contributed by atoms with van der Waals surface area (Å²) >= 11 is 0. The minimum absolute atomic E-state index is 0.0643. The summed E-state index contributed by atoms with van der Waals surface area (Å²) in [4.78, 5) is 0. The van der Waals surface area contributed by atoms with Gasteiger partial charge in [0.2, 0.25) is 0 Å². The summed E-state index contributed by atoms with van der Waals surface area (Å²) in [6.45, 7) is 3.14. The van der Waals surface area contributed by atoms with E-state index in [0.717, 1.165) is 38.4 Å². The lowest BCUT2D eigenvalue weighted by molar-refractivity contribution is -0.0325. The lowest BCUT2D eigenvalue weighted by Gasteiger charge is -2.44. The molecule has 0 amide bonds. The highest BCUT2D eigenvalue weighted by Crippen LogP contribution is 2.41. The molecule has 98 valence electrons. The van der Waals surface area contributed by atoms with E-state index in [1.165, 1.54) is 12.0 Å². The summed E-state index contributed by atoms with van der Waals surface area (Å²) in [6, 6.07) is 8.31. The largest absolute Gasteiger partial charge is 0.493 e. The molecule has 1 aromatic rings. The van der Waals surface area contributed by atoms with Gasteiger partial charge in [-0.05, 0) is 36.8 Å². The maximum absolute atomic E-state index is 6.09. The van der Waals surface area contributed by atoms with E-state index < -0.39 is 0 Å². The first-order chi connectivity index (χ1) is 8.84. The van der Waals surface area contributed by atoms with E-state index in [9.17, 15) is 0 Å². The van der Waals surface area contributed by atoms with Crippen LogP contribution in [0.5, 0.6) is 5.75 Å². The minimum atomic E-state index is 0.0643. The average Bonchev–Trinajstić information content (AvgIpc) is 2.47. The SMILES string of the molecule is NCC1(C2CCCOC2)COc2ccccc2C1. The van der Waals surface area contributed by atoms with E-state index in [-0.39, 0.29) is 5.41 Å². The van der Waals surface area contributed by atoms with Crippen LogP contribution in [-0.2, 0) is 11.2 Å². The molecule has 0 bridgehead atoms. The Balaban J connectivity index is 1.85. The fourth-order valence-electron chi connectivity index (χ4n) is 3.23. The molecule has 2 atom stereocenters. The van der Waals surface area contributed by atoms with Crippen molar-refractivity contribution in [2.45, 2.75) is 19.3 Å². The molecule has 0 saturated carbocycles. The first-order valence-corrected chi connectivity index (χ1v) is 6.83. The lowest BCUT2D eigenvalue weighted by atomic mass is 9.68. The van der Waals surface area contributed by atoms with Gasteiger partial charge in [0.15, 0.2) is 0 Å². The van der Waals surface area contributed by atoms with Crippen LogP contribution in [-0.4, -0.2) is 26.4 Å². The average molecular weight is 247 g/mol. The maximum Gasteiger partial charge on any atom is 0.122 e. The third-order valence-corrected chi connectivity index (χ3v) is 4.46. The van der Waals surface area contributed by atoms with Gasteiger partial charge in [0.05, 0.1) is 13.2 Å². The fourth-order valence-corrected chi connectivity index (χ4v) is 3.23. The Hall–Kier alpha value is -1.06. The summed E-state index contributed by atoms with van der Waals surface area (Å²) in [5, 5.41) is 0. The van der Waals surface area contributed by atoms with Gasteiger partial charge >= 0.3 is 0 Å². The highest BCUT2D eigenvalue weighted by molar-refractivity contribution is 5.36. The smallest absolute Gasteiger partial charge is 0.122 e. The van der Waals surface area contributed by atoms with Gasteiger partial charge in [-0.3, -0.25) is 0 Å². The number of ether oxygens (including phenoxy) is 2. The second kappa shape index (κ2) is 4.90. The van der Waals surface area contributed by atoms with Gasteiger partial charge in [-0.25, -0.2) is 0 Å². The van der Waals surface area contributed by atoms with Crippen molar-refractivity contribution < 1.29 is 9.47 Å². The Bertz CT molecular complexity index is 415. The van der Waals surface area contributed by atoms with E-state index in [1.807, 2.05) is 12.1 Å². The van der Waals surface area contributed by atoms with Crippen LogP contribution in [0, 0.1) is 11.3 Å². The number of nitrogens with two attached hydrogens (primary N) is 1. The standard InChI is InChI=1S/C15H21NO2/c16-10-15(13-5-3-7-17-9-13)8-12-4-1-2-6-14(12)18-11-15/h1-2,4,6,13H,3,5,7-11,16H2. The van der Waals surface area contributed by atoms with E-state index in [4.69, 9.17) is 15.2 Å². The number of hydrogen-bond acceptors (Lipinski definition) is 3. The Labute approximate surface area is 108 Å². The first-order valence-electron chi connectivity index (χ1n) is 6.83. The molecule has 1 saturated heterocycles. The molecule has 2 aliphatic rings. The molecule has 1 fully saturated rings. The van der Waals surface area contributed by atoms with Crippen molar-refractivity contribution in [3.63, 3.8) is 0 Å². The topological polar surface area (TPSA) is 44.5 Å². The fraction of sp³-hybridized carbons (Fsp3) is 0.600. The van der Waals surface area contributed by atoms with Crippen LogP contribution >= 0.6 is 0 Å². The molecule has 2 unspecified atom stereocenters. The van der Waals surface area contributed by atoms with Gasteiger partial charge in [0, 0.05) is 18.6 Å². The van der Waals surface area contributed by atoms with Crippen molar-refractivity contribution in [3.8, 4) is 5.75 Å². The molecule has 2 N–H and O–H groups in total. The molecule has 2 aliphatic heterocycles. The number of para-hydroxylation sites is 1. The zero-order valence-electron chi connectivity index (χ0n) is 10.7. The van der Waals surface area contributed by atoms with Gasteiger partial charge in [-0.1, -0.05) is 18.2 Å². The molecule has 3 heteroatoms. The van der Waals surface area contributed by atoms with Crippen LogP contribution in [0.4, 0.5) is 0 Å². The summed E-state index contributed by atoms with van der Waals surface area (Å²) in [7, 11) is 0. The molecule has 1 aromatic carbocycles. The molecular formula is C15H21NO2. The van der Waals surface area contributed by atoms with Crippen LogP contribution < -0.4 is 10.5 Å². The quantitative estimate of drug-likeness (QED) is 0.869. The molecule has 0 aliphatic carbocycles. The number of benzene rings is 1. The predicted octanol–water partition coefficient (Wildman–Crippen LogP) is 1.99. The molecule has 2 heterocycles. The van der Waals surface area contributed by atoms with E-state index in [2.05, 4.69) is 12.1 Å². The van der Waals surface area contributed by atoms with Crippen molar-refractivity contribution >= 4 is 0 Å². The Morgan fingerprint density at radius 3 is 3.00 bits per heavy atom. The second-order valence-corrected chi connectivity index (χ2v) is 5.55. The summed E-state index contributed by atoms with van der Waals surface area (Å²) < 4.78 is 11.6. The van der Waals surface area contributed by atoms with Crippen molar-refractivity contribution in [2.75, 3.05) is 26.4 Å². The van der Waals surface area contributed by atoms with E-state index >= 15 is 0 Å². The summed E-state index contributed by atoms with van der Waals surface area (Å²) in [5.74, 6) is 1.56. The van der Waals surface area contributed by atoms with Crippen molar-refractivity contribution in [1.82, 2.24) is 0 Å². The monoisotopic (exact) mass is 247 g/mol. The van der Waals surface area contributed by atoms with Gasteiger partial charge in [-0.2, -0.15) is 0 Å². The highest BCUT2D eigenvalue weighted by Gasteiger charge is 2.42. The third-order valence-electron chi connectivity index (χ3n) is 4.46. The molecule has 0 radical (unpaired) electrons. The van der Waals surface area contributed by atoms with Crippen LogP contribution in [0.15, 0.2) is 24.3 Å². The number of rotatable bonds is 2. The van der Waals surface area contributed by atoms with Crippen molar-refractivity contribution in [3.05, 3.63) is 29.8 Å². The van der Waals surface area contributed by atoms with Crippen molar-refractivity contribution in [2.24, 2.45) is 17.1 Å². The van der Waals surface area contributed by atoms with Gasteiger partial charge in [0.25, 0.3) is 0 Å².